The molecule has 0 aromatic carbocycles. The van der Waals surface area contributed by atoms with Gasteiger partial charge in [0, 0.05) is 0 Å². The molecule has 0 aliphatic carbocycles. The van der Waals surface area contributed by atoms with E-state index in [0.717, 1.165) is 0 Å². The summed E-state index contributed by atoms with van der Waals surface area (Å²) in [7, 11) is 0. The Kier molecular flexibility index (Phi) is 3.96. The molecule has 0 aliphatic heterocycles. The van der Waals surface area contributed by atoms with Gasteiger partial charge in [-0.2, -0.15) is 0 Å². The quantitative estimate of drug-likeness (QED) is 0.497. The highest BCUT2D eigenvalue weighted by atomic mass is 16.4. The number of carboxylic acid groups (broad SMARTS) is 1. The van der Waals surface area contributed by atoms with Crippen LogP contribution in [0, 0.1) is 0 Å². The Balaban J connectivity index is 4.87. The van der Waals surface area contributed by atoms with Crippen LogP contribution in [0.1, 0.15) is 13.8 Å². The highest BCUT2D eigenvalue weighted by molar-refractivity contribution is 5.91. The molecular weight excluding hydrogens is 140 g/mol. The number of carboxylic acids is 1. The van der Waals surface area contributed by atoms with E-state index in [1.54, 1.807) is 26.0 Å². The maximum Gasteiger partial charge on any atom is 0.335 e. The summed E-state index contributed by atoms with van der Waals surface area (Å²) < 4.78 is 0. The first kappa shape index (κ1) is 9.69. The van der Waals surface area contributed by atoms with Crippen LogP contribution in [0.5, 0.6) is 0 Å². The molecule has 0 atom stereocenters. The number of hydrogen-bond acceptors (Lipinski definition) is 1. The minimum absolute atomic E-state index is 0.294. The first-order valence-corrected chi connectivity index (χ1v) is 3.32. The molecule has 0 aromatic rings. The van der Waals surface area contributed by atoms with Gasteiger partial charge in [0.15, 0.2) is 0 Å². The van der Waals surface area contributed by atoms with E-state index in [1.807, 2.05) is 0 Å². The Morgan fingerprint density at radius 1 is 1.55 bits per heavy atom. The average molecular weight is 152 g/mol. The van der Waals surface area contributed by atoms with Gasteiger partial charge in [-0.1, -0.05) is 24.8 Å². The summed E-state index contributed by atoms with van der Waals surface area (Å²) >= 11 is 0. The van der Waals surface area contributed by atoms with Crippen molar-refractivity contribution in [1.82, 2.24) is 0 Å². The lowest BCUT2D eigenvalue weighted by molar-refractivity contribution is -0.132. The summed E-state index contributed by atoms with van der Waals surface area (Å²) in [5.41, 5.74) is 0.970. The summed E-state index contributed by atoms with van der Waals surface area (Å²) in [5, 5.41) is 8.65. The predicted octanol–water partition coefficient (Wildman–Crippen LogP) is 2.15. The van der Waals surface area contributed by atoms with E-state index < -0.39 is 5.97 Å². The zero-order valence-corrected chi connectivity index (χ0v) is 6.79. The smallest absolute Gasteiger partial charge is 0.335 e. The SMILES string of the molecule is C=CC(C)=C(C=CC)C(=O)O. The Labute approximate surface area is 66.5 Å². The van der Waals surface area contributed by atoms with E-state index in [-0.39, 0.29) is 0 Å². The lowest BCUT2D eigenvalue weighted by Gasteiger charge is -1.96. The van der Waals surface area contributed by atoms with Gasteiger partial charge in [-0.05, 0) is 19.4 Å². The molecule has 2 nitrogen and oxygen atoms in total. The van der Waals surface area contributed by atoms with Crippen LogP contribution in [-0.4, -0.2) is 11.1 Å². The van der Waals surface area contributed by atoms with Gasteiger partial charge in [0.1, 0.15) is 0 Å². The van der Waals surface area contributed by atoms with E-state index in [1.165, 1.54) is 6.08 Å². The molecule has 0 radical (unpaired) electrons. The topological polar surface area (TPSA) is 37.3 Å². The third-order valence-corrected chi connectivity index (χ3v) is 1.29. The van der Waals surface area contributed by atoms with Gasteiger partial charge in [0.05, 0.1) is 5.57 Å². The predicted molar refractivity (Wildman–Crippen MR) is 45.3 cm³/mol. The molecule has 1 N–H and O–H groups in total. The van der Waals surface area contributed by atoms with Crippen LogP contribution >= 0.6 is 0 Å². The Bertz CT molecular complexity index is 222. The van der Waals surface area contributed by atoms with Gasteiger partial charge in [-0.15, -0.1) is 0 Å². The molecule has 0 fully saturated rings. The standard InChI is InChI=1S/C9H12O2/c1-4-6-8(9(10)11)7(3)5-2/h4-6H,2H2,1,3H3,(H,10,11). The number of hydrogen-bond donors (Lipinski definition) is 1. The minimum atomic E-state index is -0.916. The van der Waals surface area contributed by atoms with E-state index in [9.17, 15) is 4.79 Å². The largest absolute Gasteiger partial charge is 0.478 e. The van der Waals surface area contributed by atoms with Crippen molar-refractivity contribution in [3.63, 3.8) is 0 Å². The second kappa shape index (κ2) is 4.50. The average Bonchev–Trinajstić information content (AvgIpc) is 1.98. The number of aliphatic carboxylic acids is 1. The van der Waals surface area contributed by atoms with E-state index in [0.29, 0.717) is 11.1 Å². The van der Waals surface area contributed by atoms with Crippen molar-refractivity contribution in [2.75, 3.05) is 0 Å². The van der Waals surface area contributed by atoms with Crippen LogP contribution in [0.25, 0.3) is 0 Å². The molecule has 0 unspecified atom stereocenters. The third-order valence-electron chi connectivity index (χ3n) is 1.29. The number of carbonyl (C=O) groups is 1. The molecule has 0 aliphatic rings. The first-order chi connectivity index (χ1) is 5.13. The van der Waals surface area contributed by atoms with Crippen LogP contribution in [0.15, 0.2) is 36.0 Å². The van der Waals surface area contributed by atoms with E-state index in [2.05, 4.69) is 6.58 Å². The van der Waals surface area contributed by atoms with Crippen molar-refractivity contribution >= 4 is 5.97 Å². The molecule has 0 spiro atoms. The van der Waals surface area contributed by atoms with Crippen molar-refractivity contribution in [2.24, 2.45) is 0 Å². The molecule has 11 heavy (non-hydrogen) atoms. The normalized spacial score (nSPS) is 12.9. The zero-order valence-electron chi connectivity index (χ0n) is 6.79. The van der Waals surface area contributed by atoms with Gasteiger partial charge < -0.3 is 5.11 Å². The lowest BCUT2D eigenvalue weighted by Crippen LogP contribution is -1.99. The second-order valence-electron chi connectivity index (χ2n) is 2.11. The van der Waals surface area contributed by atoms with Gasteiger partial charge in [-0.3, -0.25) is 0 Å². The van der Waals surface area contributed by atoms with Crippen LogP contribution < -0.4 is 0 Å². The fraction of sp³-hybridized carbons (Fsp3) is 0.222. The first-order valence-electron chi connectivity index (χ1n) is 3.32. The van der Waals surface area contributed by atoms with Crippen molar-refractivity contribution in [2.45, 2.75) is 13.8 Å². The highest BCUT2D eigenvalue weighted by Crippen LogP contribution is 2.06. The van der Waals surface area contributed by atoms with Gasteiger partial charge in [0.25, 0.3) is 0 Å². The summed E-state index contributed by atoms with van der Waals surface area (Å²) in [6.07, 6.45) is 4.78. The molecule has 0 saturated heterocycles. The second-order valence-corrected chi connectivity index (χ2v) is 2.11. The fourth-order valence-corrected chi connectivity index (χ4v) is 0.648. The summed E-state index contributed by atoms with van der Waals surface area (Å²) in [6.45, 7) is 6.99. The Morgan fingerprint density at radius 3 is 2.36 bits per heavy atom. The van der Waals surface area contributed by atoms with Gasteiger partial charge in [-0.25, -0.2) is 4.79 Å². The van der Waals surface area contributed by atoms with Crippen molar-refractivity contribution in [3.05, 3.63) is 36.0 Å². The van der Waals surface area contributed by atoms with E-state index >= 15 is 0 Å². The van der Waals surface area contributed by atoms with Crippen LogP contribution in [0.3, 0.4) is 0 Å². The van der Waals surface area contributed by atoms with E-state index in [4.69, 9.17) is 5.11 Å². The van der Waals surface area contributed by atoms with Crippen molar-refractivity contribution < 1.29 is 9.90 Å². The van der Waals surface area contributed by atoms with Crippen molar-refractivity contribution in [3.8, 4) is 0 Å². The molecule has 0 heterocycles. The van der Waals surface area contributed by atoms with Crippen molar-refractivity contribution in [1.29, 1.82) is 0 Å². The summed E-state index contributed by atoms with van der Waals surface area (Å²) in [5.74, 6) is -0.916. The van der Waals surface area contributed by atoms with Crippen LogP contribution in [0.2, 0.25) is 0 Å². The van der Waals surface area contributed by atoms with Gasteiger partial charge in [0.2, 0.25) is 0 Å². The molecule has 0 rings (SSSR count). The number of rotatable bonds is 3. The zero-order chi connectivity index (χ0) is 8.85. The highest BCUT2D eigenvalue weighted by Gasteiger charge is 2.04. The lowest BCUT2D eigenvalue weighted by atomic mass is 10.1. The summed E-state index contributed by atoms with van der Waals surface area (Å²) in [6, 6.07) is 0. The Hall–Kier alpha value is -1.31. The molecule has 0 bridgehead atoms. The van der Waals surface area contributed by atoms with Crippen LogP contribution in [-0.2, 0) is 4.79 Å². The molecule has 0 amide bonds. The molecule has 60 valence electrons. The molecule has 0 saturated carbocycles. The number of allylic oxidation sites excluding steroid dienone is 3. The minimum Gasteiger partial charge on any atom is -0.478 e. The maximum absolute atomic E-state index is 10.5. The summed E-state index contributed by atoms with van der Waals surface area (Å²) in [4.78, 5) is 10.5. The molecule has 2 heteroatoms. The maximum atomic E-state index is 10.5. The Morgan fingerprint density at radius 2 is 2.09 bits per heavy atom. The third kappa shape index (κ3) is 2.85. The molecular formula is C9H12O2. The monoisotopic (exact) mass is 152 g/mol. The van der Waals surface area contributed by atoms with Crippen LogP contribution in [0.4, 0.5) is 0 Å². The fourth-order valence-electron chi connectivity index (χ4n) is 0.648. The molecule has 0 aromatic heterocycles. The van der Waals surface area contributed by atoms with Gasteiger partial charge >= 0.3 is 5.97 Å².